The van der Waals surface area contributed by atoms with E-state index < -0.39 is 51.8 Å². The number of rotatable bonds is 7. The number of nitro benzene ring substituents is 1. The van der Waals surface area contributed by atoms with Crippen LogP contribution in [0, 0.1) is 21.4 Å². The summed E-state index contributed by atoms with van der Waals surface area (Å²) in [7, 11) is 0. The third-order valence-corrected chi connectivity index (χ3v) is 4.50. The SMILES string of the molecule is CC(C)(C)OC(=O)N[C@@](CC(C(=O)O)C(C)(C)C)(C(=O)O)c1ccc([N+](=O)[O-])cc1. The van der Waals surface area contributed by atoms with Gasteiger partial charge in [0.1, 0.15) is 5.60 Å². The van der Waals surface area contributed by atoms with E-state index in [1.54, 1.807) is 41.5 Å². The molecule has 1 aromatic rings. The first-order chi connectivity index (χ1) is 13.5. The van der Waals surface area contributed by atoms with Crippen LogP contribution in [-0.2, 0) is 19.9 Å². The lowest BCUT2D eigenvalue weighted by atomic mass is 9.71. The van der Waals surface area contributed by atoms with Crippen LogP contribution in [-0.4, -0.2) is 38.8 Å². The van der Waals surface area contributed by atoms with E-state index in [4.69, 9.17) is 4.74 Å². The van der Waals surface area contributed by atoms with Crippen molar-refractivity contribution < 1.29 is 34.3 Å². The third kappa shape index (κ3) is 6.16. The fourth-order valence-corrected chi connectivity index (χ4v) is 2.92. The van der Waals surface area contributed by atoms with Crippen LogP contribution in [0.15, 0.2) is 24.3 Å². The minimum Gasteiger partial charge on any atom is -0.481 e. The van der Waals surface area contributed by atoms with Gasteiger partial charge < -0.3 is 20.3 Å². The molecule has 1 aromatic carbocycles. The zero-order valence-corrected chi connectivity index (χ0v) is 17.9. The summed E-state index contributed by atoms with van der Waals surface area (Å²) in [6.45, 7) is 9.70. The number of amides is 1. The molecule has 1 amide bonds. The molecule has 166 valence electrons. The monoisotopic (exact) mass is 424 g/mol. The van der Waals surface area contributed by atoms with Gasteiger partial charge in [0.2, 0.25) is 0 Å². The molecule has 0 saturated heterocycles. The van der Waals surface area contributed by atoms with Gasteiger partial charge in [0, 0.05) is 12.1 Å². The van der Waals surface area contributed by atoms with E-state index in [0.29, 0.717) is 0 Å². The van der Waals surface area contributed by atoms with Gasteiger partial charge in [-0.15, -0.1) is 0 Å². The van der Waals surface area contributed by atoms with Crippen LogP contribution < -0.4 is 5.32 Å². The molecule has 0 aliphatic rings. The molecule has 0 fully saturated rings. The van der Waals surface area contributed by atoms with Gasteiger partial charge in [0.15, 0.2) is 5.54 Å². The summed E-state index contributed by atoms with van der Waals surface area (Å²) in [6, 6.07) is 4.56. The van der Waals surface area contributed by atoms with Crippen molar-refractivity contribution in [1.82, 2.24) is 5.32 Å². The molecule has 0 aliphatic heterocycles. The summed E-state index contributed by atoms with van der Waals surface area (Å²) >= 11 is 0. The Bertz CT molecular complexity index is 821. The summed E-state index contributed by atoms with van der Waals surface area (Å²) in [5.74, 6) is -3.92. The van der Waals surface area contributed by atoms with E-state index in [0.717, 1.165) is 12.1 Å². The van der Waals surface area contributed by atoms with E-state index in [2.05, 4.69) is 5.32 Å². The molecule has 10 nitrogen and oxygen atoms in total. The summed E-state index contributed by atoms with van der Waals surface area (Å²) in [5, 5.41) is 33.1. The van der Waals surface area contributed by atoms with Gasteiger partial charge in [-0.25, -0.2) is 9.59 Å². The number of nitrogens with one attached hydrogen (secondary N) is 1. The van der Waals surface area contributed by atoms with Crippen molar-refractivity contribution in [2.75, 3.05) is 0 Å². The quantitative estimate of drug-likeness (QED) is 0.443. The lowest BCUT2D eigenvalue weighted by Crippen LogP contribution is -2.55. The molecule has 30 heavy (non-hydrogen) atoms. The molecule has 3 N–H and O–H groups in total. The van der Waals surface area contributed by atoms with Crippen LogP contribution in [0.1, 0.15) is 53.5 Å². The summed E-state index contributed by atoms with van der Waals surface area (Å²) in [5.41, 5.74) is -4.25. The number of hydrogen-bond acceptors (Lipinski definition) is 6. The molecule has 0 saturated carbocycles. The van der Waals surface area contributed by atoms with Crippen LogP contribution in [0.3, 0.4) is 0 Å². The Labute approximate surface area is 174 Å². The van der Waals surface area contributed by atoms with E-state index in [9.17, 15) is 34.7 Å². The van der Waals surface area contributed by atoms with Gasteiger partial charge in [-0.2, -0.15) is 0 Å². The fraction of sp³-hybridized carbons (Fsp3) is 0.550. The van der Waals surface area contributed by atoms with Crippen LogP contribution in [0.4, 0.5) is 10.5 Å². The number of non-ortho nitro benzene ring substituents is 1. The predicted octanol–water partition coefficient (Wildman–Crippen LogP) is 3.54. The van der Waals surface area contributed by atoms with Crippen LogP contribution in [0.5, 0.6) is 0 Å². The second-order valence-electron chi connectivity index (χ2n) is 9.10. The van der Waals surface area contributed by atoms with Crippen molar-refractivity contribution in [2.45, 2.75) is 59.1 Å². The minimum atomic E-state index is -2.19. The molecule has 0 aromatic heterocycles. The molecule has 0 aliphatic carbocycles. The second-order valence-corrected chi connectivity index (χ2v) is 9.10. The average molecular weight is 424 g/mol. The molecule has 1 unspecified atom stereocenters. The standard InChI is InChI=1S/C20H28N2O8/c1-18(2,3)14(15(23)24)11-20(16(25)26,21-17(27)30-19(4,5)6)12-7-9-13(10-8-12)22(28)29/h7-10,14H,11H2,1-6H3,(H,21,27)(H,23,24)(H,25,26)/t14?,20-/m1/s1. The molecule has 0 heterocycles. The Morgan fingerprint density at radius 1 is 1.07 bits per heavy atom. The maximum atomic E-state index is 12.5. The number of hydrogen-bond donors (Lipinski definition) is 3. The maximum absolute atomic E-state index is 12.5. The zero-order valence-electron chi connectivity index (χ0n) is 17.9. The van der Waals surface area contributed by atoms with Gasteiger partial charge >= 0.3 is 18.0 Å². The molecule has 10 heteroatoms. The first kappa shape index (κ1) is 24.9. The molecular formula is C20H28N2O8. The first-order valence-corrected chi connectivity index (χ1v) is 9.22. The van der Waals surface area contributed by atoms with Gasteiger partial charge in [-0.1, -0.05) is 20.8 Å². The lowest BCUT2D eigenvalue weighted by molar-refractivity contribution is -0.384. The second kappa shape index (κ2) is 8.68. The van der Waals surface area contributed by atoms with Gasteiger partial charge in [0.25, 0.3) is 5.69 Å². The number of ether oxygens (including phenoxy) is 1. The Kier molecular flexibility index (Phi) is 7.20. The van der Waals surface area contributed by atoms with Crippen molar-refractivity contribution >= 4 is 23.7 Å². The summed E-state index contributed by atoms with van der Waals surface area (Å²) in [6.07, 6.45) is -1.56. The van der Waals surface area contributed by atoms with Gasteiger partial charge in [-0.3, -0.25) is 14.9 Å². The van der Waals surface area contributed by atoms with Crippen LogP contribution in [0.2, 0.25) is 0 Å². The van der Waals surface area contributed by atoms with Crippen molar-refractivity contribution in [3.05, 3.63) is 39.9 Å². The predicted molar refractivity (Wildman–Crippen MR) is 107 cm³/mol. The van der Waals surface area contributed by atoms with Crippen molar-refractivity contribution in [1.29, 1.82) is 0 Å². The minimum absolute atomic E-state index is 0.0121. The third-order valence-electron chi connectivity index (χ3n) is 4.50. The maximum Gasteiger partial charge on any atom is 0.408 e. The molecule has 0 bridgehead atoms. The Morgan fingerprint density at radius 2 is 1.57 bits per heavy atom. The zero-order chi connectivity index (χ0) is 23.5. The van der Waals surface area contributed by atoms with E-state index >= 15 is 0 Å². The molecular weight excluding hydrogens is 396 g/mol. The summed E-state index contributed by atoms with van der Waals surface area (Å²) < 4.78 is 5.19. The van der Waals surface area contributed by atoms with Crippen molar-refractivity contribution in [3.63, 3.8) is 0 Å². The fourth-order valence-electron chi connectivity index (χ4n) is 2.92. The number of aliphatic carboxylic acids is 2. The normalized spacial score (nSPS) is 14.9. The highest BCUT2D eigenvalue weighted by Crippen LogP contribution is 2.38. The topological polar surface area (TPSA) is 156 Å². The number of carboxylic acid groups (broad SMARTS) is 2. The highest BCUT2D eigenvalue weighted by atomic mass is 16.6. The molecule has 2 atom stereocenters. The number of carboxylic acids is 2. The first-order valence-electron chi connectivity index (χ1n) is 9.22. The van der Waals surface area contributed by atoms with Crippen LogP contribution >= 0.6 is 0 Å². The van der Waals surface area contributed by atoms with E-state index in [-0.39, 0.29) is 11.3 Å². The lowest BCUT2D eigenvalue weighted by Gasteiger charge is -2.37. The number of alkyl carbamates (subject to hydrolysis) is 1. The van der Waals surface area contributed by atoms with Crippen molar-refractivity contribution in [2.24, 2.45) is 11.3 Å². The number of carbonyl (C=O) groups excluding carboxylic acids is 1. The average Bonchev–Trinajstić information content (AvgIpc) is 2.55. The molecule has 0 radical (unpaired) electrons. The van der Waals surface area contributed by atoms with E-state index in [1.165, 1.54) is 12.1 Å². The molecule has 1 rings (SSSR count). The Balaban J connectivity index is 3.60. The number of carbonyl (C=O) groups is 3. The summed E-state index contributed by atoms with van der Waals surface area (Å²) in [4.78, 5) is 47.1. The van der Waals surface area contributed by atoms with Gasteiger partial charge in [0.05, 0.1) is 10.8 Å². The largest absolute Gasteiger partial charge is 0.481 e. The highest BCUT2D eigenvalue weighted by molar-refractivity contribution is 5.87. The van der Waals surface area contributed by atoms with Crippen LogP contribution in [0.25, 0.3) is 0 Å². The van der Waals surface area contributed by atoms with Crippen molar-refractivity contribution in [3.8, 4) is 0 Å². The number of benzene rings is 1. The number of nitrogens with zero attached hydrogens (tertiary/aromatic N) is 1. The Hall–Kier alpha value is -3.17. The van der Waals surface area contributed by atoms with Gasteiger partial charge in [-0.05, 0) is 50.3 Å². The highest BCUT2D eigenvalue weighted by Gasteiger charge is 2.49. The Morgan fingerprint density at radius 3 is 1.90 bits per heavy atom. The number of nitro groups is 1. The smallest absolute Gasteiger partial charge is 0.408 e. The van der Waals surface area contributed by atoms with E-state index in [1.807, 2.05) is 0 Å². The molecule has 0 spiro atoms.